The largest absolute Gasteiger partial charge is 0.393 e. The molecule has 3 N–H and O–H groups in total. The van der Waals surface area contributed by atoms with Crippen molar-refractivity contribution in [2.75, 3.05) is 12.4 Å². The van der Waals surface area contributed by atoms with Gasteiger partial charge in [0.1, 0.15) is 17.0 Å². The first-order valence-electron chi connectivity index (χ1n) is 11.2. The second kappa shape index (κ2) is 7.45. The minimum Gasteiger partial charge on any atom is -0.393 e. The van der Waals surface area contributed by atoms with Gasteiger partial charge in [0.2, 0.25) is 0 Å². The van der Waals surface area contributed by atoms with Crippen LogP contribution in [0.3, 0.4) is 0 Å². The first-order chi connectivity index (χ1) is 16.4. The molecule has 0 unspecified atom stereocenters. The van der Waals surface area contributed by atoms with Gasteiger partial charge in [-0.25, -0.2) is 18.7 Å². The third kappa shape index (κ3) is 3.14. The zero-order chi connectivity index (χ0) is 23.6. The zero-order valence-corrected chi connectivity index (χ0v) is 18.4. The average molecular weight is 467 g/mol. The maximum atomic E-state index is 13.7. The van der Waals surface area contributed by atoms with Crippen molar-refractivity contribution in [1.29, 1.82) is 0 Å². The number of anilines is 1. The van der Waals surface area contributed by atoms with Gasteiger partial charge in [0, 0.05) is 48.9 Å². The highest BCUT2D eigenvalue weighted by atomic mass is 19.3. The highest BCUT2D eigenvalue weighted by Crippen LogP contribution is 2.39. The summed E-state index contributed by atoms with van der Waals surface area (Å²) in [7, 11) is 1.73. The van der Waals surface area contributed by atoms with E-state index in [2.05, 4.69) is 25.3 Å². The van der Waals surface area contributed by atoms with E-state index in [-0.39, 0.29) is 36.2 Å². The Morgan fingerprint density at radius 1 is 1.29 bits per heavy atom. The topological polar surface area (TPSA) is 109 Å². The molecule has 4 heterocycles. The summed E-state index contributed by atoms with van der Waals surface area (Å²) in [5.74, 6) is -2.92. The number of rotatable bonds is 5. The number of alkyl halides is 2. The predicted octanol–water partition coefficient (Wildman–Crippen LogP) is 3.01. The number of amides is 1. The number of carbonyl (C=O) groups is 1. The SMILES string of the molecule is CNc1cc(-c2cn([C@H]3C[C@@H](O)C3)c3ncccc23)nc2c(C(=O)N[C@H]3CCC3(F)F)cnn12. The number of pyridine rings is 1. The second-order valence-corrected chi connectivity index (χ2v) is 9.00. The van der Waals surface area contributed by atoms with Crippen molar-refractivity contribution in [3.63, 3.8) is 0 Å². The van der Waals surface area contributed by atoms with E-state index in [0.717, 1.165) is 16.6 Å². The van der Waals surface area contributed by atoms with Gasteiger partial charge in [0.15, 0.2) is 5.65 Å². The molecule has 0 radical (unpaired) electrons. The highest BCUT2D eigenvalue weighted by molar-refractivity contribution is 6.01. The molecule has 34 heavy (non-hydrogen) atoms. The zero-order valence-electron chi connectivity index (χ0n) is 18.4. The lowest BCUT2D eigenvalue weighted by atomic mass is 9.88. The predicted molar refractivity (Wildman–Crippen MR) is 121 cm³/mol. The van der Waals surface area contributed by atoms with Gasteiger partial charge in [0.05, 0.1) is 24.0 Å². The summed E-state index contributed by atoms with van der Waals surface area (Å²) in [4.78, 5) is 22.1. The van der Waals surface area contributed by atoms with E-state index in [9.17, 15) is 18.7 Å². The highest BCUT2D eigenvalue weighted by Gasteiger charge is 2.49. The Labute approximate surface area is 192 Å². The lowest BCUT2D eigenvalue weighted by Gasteiger charge is -2.36. The number of nitrogens with zero attached hydrogens (tertiary/aromatic N) is 5. The minimum atomic E-state index is -2.89. The van der Waals surface area contributed by atoms with Crippen molar-refractivity contribution < 1.29 is 18.7 Å². The summed E-state index contributed by atoms with van der Waals surface area (Å²) in [6.07, 6.45) is 6.06. The van der Waals surface area contributed by atoms with Crippen LogP contribution in [0, 0.1) is 0 Å². The summed E-state index contributed by atoms with van der Waals surface area (Å²) >= 11 is 0. The summed E-state index contributed by atoms with van der Waals surface area (Å²) in [6.45, 7) is 0. The molecule has 0 saturated heterocycles. The molecule has 176 valence electrons. The van der Waals surface area contributed by atoms with E-state index in [1.807, 2.05) is 24.4 Å². The van der Waals surface area contributed by atoms with Crippen molar-refractivity contribution in [1.82, 2.24) is 29.5 Å². The third-order valence-corrected chi connectivity index (χ3v) is 6.90. The van der Waals surface area contributed by atoms with E-state index in [1.165, 1.54) is 10.7 Å². The Morgan fingerprint density at radius 2 is 2.12 bits per heavy atom. The molecule has 0 aliphatic heterocycles. The van der Waals surface area contributed by atoms with Crippen molar-refractivity contribution >= 4 is 28.4 Å². The van der Waals surface area contributed by atoms with Gasteiger partial charge < -0.3 is 20.3 Å². The fraction of sp³-hybridized carbons (Fsp3) is 0.391. The number of aromatic nitrogens is 5. The Bertz CT molecular complexity index is 1420. The summed E-state index contributed by atoms with van der Waals surface area (Å²) in [6, 6.07) is 4.60. The van der Waals surface area contributed by atoms with E-state index in [0.29, 0.717) is 24.4 Å². The standard InChI is InChI=1S/C23H23F2N7O2/c1-26-19-9-17(16-11-31(12-7-13(33)8-12)20-14(16)3-2-6-27-20)29-21-15(10-28-32(19)21)22(34)30-18-4-5-23(18,24)25/h2-3,6,9-13,18,26,33H,4-5,7-8H2,1H3,(H,30,34)/t12-,13+,18-/m0/s1. The number of aliphatic hydroxyl groups is 1. The first kappa shape index (κ1) is 21.0. The molecule has 9 nitrogen and oxygen atoms in total. The van der Waals surface area contributed by atoms with E-state index >= 15 is 0 Å². The molecule has 0 aromatic carbocycles. The van der Waals surface area contributed by atoms with Crippen LogP contribution in [0.5, 0.6) is 0 Å². The Balaban J connectivity index is 1.45. The minimum absolute atomic E-state index is 0.130. The Kier molecular flexibility index (Phi) is 4.60. The Morgan fingerprint density at radius 3 is 2.79 bits per heavy atom. The molecule has 1 amide bonds. The van der Waals surface area contributed by atoms with E-state index in [4.69, 9.17) is 4.98 Å². The molecule has 2 aliphatic rings. The van der Waals surface area contributed by atoms with Crippen molar-refractivity contribution in [3.8, 4) is 11.3 Å². The summed E-state index contributed by atoms with van der Waals surface area (Å²) in [5, 5.41) is 20.4. The quantitative estimate of drug-likeness (QED) is 0.416. The van der Waals surface area contributed by atoms with Crippen LogP contribution in [0.15, 0.2) is 36.8 Å². The fourth-order valence-electron chi connectivity index (χ4n) is 4.71. The van der Waals surface area contributed by atoms with Gasteiger partial charge in [-0.3, -0.25) is 4.79 Å². The molecule has 2 fully saturated rings. The summed E-state index contributed by atoms with van der Waals surface area (Å²) in [5.41, 5.74) is 2.61. The molecule has 6 rings (SSSR count). The van der Waals surface area contributed by atoms with Crippen LogP contribution < -0.4 is 10.6 Å². The normalized spacial score (nSPS) is 23.5. The van der Waals surface area contributed by atoms with Crippen LogP contribution in [0.1, 0.15) is 42.1 Å². The number of halogens is 2. The lowest BCUT2D eigenvalue weighted by molar-refractivity contribution is -0.102. The number of nitrogens with one attached hydrogen (secondary N) is 2. The monoisotopic (exact) mass is 467 g/mol. The fourth-order valence-corrected chi connectivity index (χ4v) is 4.71. The van der Waals surface area contributed by atoms with Crippen molar-refractivity contribution in [3.05, 3.63) is 42.4 Å². The van der Waals surface area contributed by atoms with Crippen LogP contribution >= 0.6 is 0 Å². The molecule has 0 spiro atoms. The van der Waals surface area contributed by atoms with Crippen LogP contribution in [0.4, 0.5) is 14.6 Å². The molecule has 0 bridgehead atoms. The molecule has 2 aliphatic carbocycles. The van der Waals surface area contributed by atoms with Gasteiger partial charge in [-0.1, -0.05) is 0 Å². The van der Waals surface area contributed by atoms with E-state index in [1.54, 1.807) is 13.2 Å². The van der Waals surface area contributed by atoms with Crippen molar-refractivity contribution in [2.45, 2.75) is 49.8 Å². The maximum absolute atomic E-state index is 13.7. The van der Waals surface area contributed by atoms with Gasteiger partial charge in [-0.05, 0) is 31.4 Å². The first-order valence-corrected chi connectivity index (χ1v) is 11.2. The maximum Gasteiger partial charge on any atom is 0.267 e. The lowest BCUT2D eigenvalue weighted by Crippen LogP contribution is -2.55. The molecule has 4 aromatic heterocycles. The number of carbonyl (C=O) groups excluding carboxylic acids is 1. The van der Waals surface area contributed by atoms with Gasteiger partial charge in [-0.15, -0.1) is 0 Å². The van der Waals surface area contributed by atoms with Crippen LogP contribution in [-0.4, -0.2) is 60.3 Å². The van der Waals surface area contributed by atoms with E-state index < -0.39 is 17.9 Å². The molecule has 11 heteroatoms. The molecular weight excluding hydrogens is 444 g/mol. The molecular formula is C23H23F2N7O2. The number of hydrogen-bond donors (Lipinski definition) is 3. The molecule has 4 aromatic rings. The smallest absolute Gasteiger partial charge is 0.267 e. The summed E-state index contributed by atoms with van der Waals surface area (Å²) < 4.78 is 31.0. The second-order valence-electron chi connectivity index (χ2n) is 9.00. The molecule has 1 atom stereocenters. The average Bonchev–Trinajstić information content (AvgIpc) is 3.41. The third-order valence-electron chi connectivity index (χ3n) is 6.90. The number of hydrogen-bond acceptors (Lipinski definition) is 6. The van der Waals surface area contributed by atoms with Gasteiger partial charge in [-0.2, -0.15) is 9.61 Å². The Hall–Kier alpha value is -3.60. The van der Waals surface area contributed by atoms with Crippen LogP contribution in [0.2, 0.25) is 0 Å². The van der Waals surface area contributed by atoms with Crippen LogP contribution in [-0.2, 0) is 0 Å². The number of aliphatic hydroxyl groups excluding tert-OH is 1. The van der Waals surface area contributed by atoms with Gasteiger partial charge in [0.25, 0.3) is 11.8 Å². The van der Waals surface area contributed by atoms with Gasteiger partial charge >= 0.3 is 0 Å². The molecule has 2 saturated carbocycles. The number of fused-ring (bicyclic) bond motifs is 2. The van der Waals surface area contributed by atoms with Crippen LogP contribution in [0.25, 0.3) is 27.9 Å². The van der Waals surface area contributed by atoms with Crippen molar-refractivity contribution in [2.24, 2.45) is 0 Å².